The molecule has 1 N–H and O–H groups in total. The molecule has 0 saturated heterocycles. The largest absolute Gasteiger partial charge is 0.573 e. The summed E-state index contributed by atoms with van der Waals surface area (Å²) >= 11 is 1.13. The van der Waals surface area contributed by atoms with E-state index in [1.165, 1.54) is 12.1 Å². The fourth-order valence-corrected chi connectivity index (χ4v) is 4.03. The van der Waals surface area contributed by atoms with Gasteiger partial charge >= 0.3 is 6.36 Å². The Balaban J connectivity index is 1.75. The van der Waals surface area contributed by atoms with Crippen molar-refractivity contribution in [3.8, 4) is 5.75 Å². The quantitative estimate of drug-likeness (QED) is 0.246. The lowest BCUT2D eigenvalue weighted by molar-refractivity contribution is -0.274. The van der Waals surface area contributed by atoms with Gasteiger partial charge in [0.1, 0.15) is 5.75 Å². The van der Waals surface area contributed by atoms with E-state index in [2.05, 4.69) is 15.0 Å². The van der Waals surface area contributed by atoms with Crippen molar-refractivity contribution in [1.82, 2.24) is 9.55 Å². The molecule has 1 aromatic heterocycles. The first kappa shape index (κ1) is 25.6. The Labute approximate surface area is 198 Å². The summed E-state index contributed by atoms with van der Waals surface area (Å²) in [7, 11) is 0. The number of nitrogens with zero attached hydrogens (tertiary/aromatic N) is 2. The van der Waals surface area contributed by atoms with Crippen LogP contribution < -0.4 is 15.6 Å². The van der Waals surface area contributed by atoms with Crippen LogP contribution in [0.3, 0.4) is 0 Å². The van der Waals surface area contributed by atoms with E-state index in [4.69, 9.17) is 4.74 Å². The number of carbonyl (C=O) groups excluding carboxylic acids is 1. The van der Waals surface area contributed by atoms with Gasteiger partial charge in [-0.1, -0.05) is 23.9 Å². The van der Waals surface area contributed by atoms with Gasteiger partial charge in [0.25, 0.3) is 5.56 Å². The van der Waals surface area contributed by atoms with Gasteiger partial charge in [0.2, 0.25) is 5.91 Å². The van der Waals surface area contributed by atoms with E-state index in [-0.39, 0.29) is 11.3 Å². The summed E-state index contributed by atoms with van der Waals surface area (Å²) in [4.78, 5) is 30.4. The van der Waals surface area contributed by atoms with Crippen LogP contribution in [0.15, 0.2) is 58.5 Å². The average molecular weight is 496 g/mol. The maximum absolute atomic E-state index is 13.1. The second-order valence-corrected chi connectivity index (χ2v) is 8.55. The molecule has 1 amide bonds. The number of benzene rings is 2. The van der Waals surface area contributed by atoms with Crippen LogP contribution in [0.2, 0.25) is 0 Å². The number of nitrogens with one attached hydrogen (secondary N) is 1. The summed E-state index contributed by atoms with van der Waals surface area (Å²) in [6.07, 6.45) is -4.19. The number of anilines is 1. The summed E-state index contributed by atoms with van der Waals surface area (Å²) < 4.78 is 47.7. The molecule has 0 spiro atoms. The number of alkyl halides is 3. The molecule has 0 aliphatic rings. The Bertz CT molecular complexity index is 1180. The van der Waals surface area contributed by atoms with E-state index in [1.54, 1.807) is 35.8 Å². The molecule has 182 valence electrons. The maximum atomic E-state index is 13.1. The van der Waals surface area contributed by atoms with Crippen molar-refractivity contribution >= 4 is 34.3 Å². The highest BCUT2D eigenvalue weighted by Gasteiger charge is 2.31. The van der Waals surface area contributed by atoms with E-state index in [0.717, 1.165) is 23.9 Å². The number of rotatable bonds is 10. The normalized spacial score (nSPS) is 12.5. The highest BCUT2D eigenvalue weighted by molar-refractivity contribution is 8.00. The second kappa shape index (κ2) is 11.4. The van der Waals surface area contributed by atoms with Crippen LogP contribution >= 0.6 is 11.8 Å². The van der Waals surface area contributed by atoms with E-state index in [0.29, 0.717) is 47.9 Å². The lowest BCUT2D eigenvalue weighted by Gasteiger charge is -2.16. The predicted molar refractivity (Wildman–Crippen MR) is 124 cm³/mol. The van der Waals surface area contributed by atoms with E-state index in [9.17, 15) is 22.8 Å². The van der Waals surface area contributed by atoms with Crippen molar-refractivity contribution in [2.24, 2.45) is 0 Å². The summed E-state index contributed by atoms with van der Waals surface area (Å²) in [5.74, 6) is -0.776. The number of ether oxygens (including phenoxy) is 2. The van der Waals surface area contributed by atoms with Gasteiger partial charge in [-0.05, 0) is 56.7 Å². The standard InChI is InChI=1S/C23H24F3N3O4S/c1-3-32-14-6-13-29-21(31)18-7-4-5-8-19(18)28-22(29)34-15(2)20(30)27-16-9-11-17(12-10-16)33-23(24,25)26/h4-5,7-12,15H,3,6,13-14H2,1-2H3,(H,27,30). The summed E-state index contributed by atoms with van der Waals surface area (Å²) in [5.41, 5.74) is 0.647. The van der Waals surface area contributed by atoms with Gasteiger partial charge in [0.05, 0.1) is 16.2 Å². The van der Waals surface area contributed by atoms with Gasteiger partial charge in [-0.3, -0.25) is 14.2 Å². The van der Waals surface area contributed by atoms with Crippen molar-refractivity contribution in [3.63, 3.8) is 0 Å². The van der Waals surface area contributed by atoms with Gasteiger partial charge in [-0.2, -0.15) is 0 Å². The summed E-state index contributed by atoms with van der Waals surface area (Å²) in [6.45, 7) is 5.00. The number of amides is 1. The third-order valence-electron chi connectivity index (χ3n) is 4.71. The molecule has 1 unspecified atom stereocenters. The second-order valence-electron chi connectivity index (χ2n) is 7.24. The lowest BCUT2D eigenvalue weighted by Crippen LogP contribution is -2.27. The molecule has 2 aromatic carbocycles. The smallest absolute Gasteiger partial charge is 0.406 e. The van der Waals surface area contributed by atoms with Crippen LogP contribution in [-0.4, -0.2) is 40.3 Å². The molecular weight excluding hydrogens is 471 g/mol. The number of carbonyl (C=O) groups is 1. The number of thioether (sulfide) groups is 1. The molecule has 0 aliphatic carbocycles. The van der Waals surface area contributed by atoms with Gasteiger partial charge in [-0.25, -0.2) is 4.98 Å². The molecule has 7 nitrogen and oxygen atoms in total. The van der Waals surface area contributed by atoms with Crippen LogP contribution in [0.1, 0.15) is 20.3 Å². The molecule has 11 heteroatoms. The minimum atomic E-state index is -4.79. The lowest BCUT2D eigenvalue weighted by atomic mass is 10.2. The number of aromatic nitrogens is 2. The zero-order valence-electron chi connectivity index (χ0n) is 18.6. The zero-order chi connectivity index (χ0) is 24.7. The maximum Gasteiger partial charge on any atom is 0.573 e. The highest BCUT2D eigenvalue weighted by Crippen LogP contribution is 2.26. The van der Waals surface area contributed by atoms with Gasteiger partial charge in [0, 0.05) is 25.4 Å². The van der Waals surface area contributed by atoms with Gasteiger partial charge in [-0.15, -0.1) is 13.2 Å². The van der Waals surface area contributed by atoms with Crippen molar-refractivity contribution in [2.75, 3.05) is 18.5 Å². The molecule has 0 bridgehead atoms. The van der Waals surface area contributed by atoms with E-state index >= 15 is 0 Å². The minimum Gasteiger partial charge on any atom is -0.406 e. The number of hydrogen-bond acceptors (Lipinski definition) is 6. The molecule has 3 aromatic rings. The Kier molecular flexibility index (Phi) is 8.56. The summed E-state index contributed by atoms with van der Waals surface area (Å²) in [5, 5.41) is 2.90. The number of para-hydroxylation sites is 1. The molecular formula is C23H24F3N3O4S. The first-order valence-electron chi connectivity index (χ1n) is 10.6. The number of hydrogen-bond donors (Lipinski definition) is 1. The van der Waals surface area contributed by atoms with Gasteiger partial charge < -0.3 is 14.8 Å². The summed E-state index contributed by atoms with van der Waals surface area (Å²) in [6, 6.07) is 11.8. The first-order valence-corrected chi connectivity index (χ1v) is 11.5. The Hall–Kier alpha value is -3.05. The van der Waals surface area contributed by atoms with Crippen molar-refractivity contribution in [3.05, 3.63) is 58.9 Å². The van der Waals surface area contributed by atoms with Gasteiger partial charge in [0.15, 0.2) is 5.16 Å². The third kappa shape index (κ3) is 6.97. The molecule has 3 rings (SSSR count). The topological polar surface area (TPSA) is 82.4 Å². The number of fused-ring (bicyclic) bond motifs is 1. The first-order chi connectivity index (χ1) is 16.2. The fourth-order valence-electron chi connectivity index (χ4n) is 3.10. The molecule has 1 atom stereocenters. The predicted octanol–water partition coefficient (Wildman–Crippen LogP) is 4.84. The molecule has 0 fully saturated rings. The van der Waals surface area contributed by atoms with Crippen LogP contribution in [0.25, 0.3) is 10.9 Å². The molecule has 0 radical (unpaired) electrons. The third-order valence-corrected chi connectivity index (χ3v) is 5.80. The van der Waals surface area contributed by atoms with E-state index in [1.807, 2.05) is 6.92 Å². The fraction of sp³-hybridized carbons (Fsp3) is 0.348. The van der Waals surface area contributed by atoms with Crippen LogP contribution in [0, 0.1) is 0 Å². The molecule has 0 saturated carbocycles. The Morgan fingerprint density at radius 1 is 1.18 bits per heavy atom. The minimum absolute atomic E-state index is 0.197. The molecule has 1 heterocycles. The van der Waals surface area contributed by atoms with Crippen molar-refractivity contribution in [1.29, 1.82) is 0 Å². The van der Waals surface area contributed by atoms with Crippen molar-refractivity contribution in [2.45, 2.75) is 43.6 Å². The van der Waals surface area contributed by atoms with E-state index < -0.39 is 17.5 Å². The molecule has 0 aliphatic heterocycles. The van der Waals surface area contributed by atoms with Crippen LogP contribution in [-0.2, 0) is 16.1 Å². The number of halogens is 3. The Morgan fingerprint density at radius 3 is 2.56 bits per heavy atom. The van der Waals surface area contributed by atoms with Crippen LogP contribution in [0.4, 0.5) is 18.9 Å². The zero-order valence-corrected chi connectivity index (χ0v) is 19.4. The highest BCUT2D eigenvalue weighted by atomic mass is 32.2. The molecule has 34 heavy (non-hydrogen) atoms. The Morgan fingerprint density at radius 2 is 1.88 bits per heavy atom. The SMILES string of the molecule is CCOCCCn1c(SC(C)C(=O)Nc2ccc(OC(F)(F)F)cc2)nc2ccccc2c1=O. The average Bonchev–Trinajstić information content (AvgIpc) is 2.78. The monoisotopic (exact) mass is 495 g/mol. The van der Waals surface area contributed by atoms with Crippen molar-refractivity contribution < 1.29 is 27.4 Å². The van der Waals surface area contributed by atoms with Crippen LogP contribution in [0.5, 0.6) is 5.75 Å².